The Bertz CT molecular complexity index is 35.3. The Morgan fingerprint density at radius 3 is 1.73 bits per heavy atom. The van der Waals surface area contributed by atoms with Crippen LogP contribution in [0.2, 0.25) is 0 Å². The fourth-order valence-electron chi connectivity index (χ4n) is 0.898. The van der Waals surface area contributed by atoms with Gasteiger partial charge in [0, 0.05) is 0 Å². The summed E-state index contributed by atoms with van der Waals surface area (Å²) in [5.41, 5.74) is 0. The molecule has 0 atom stereocenters. The molecule has 1 saturated carbocycles. The van der Waals surface area contributed by atoms with Gasteiger partial charge >= 0.3 is 21.1 Å². The van der Waals surface area contributed by atoms with Crippen LogP contribution in [-0.4, -0.2) is 0 Å². The van der Waals surface area contributed by atoms with Crippen molar-refractivity contribution in [2.45, 2.75) is 51.9 Å². The second kappa shape index (κ2) is 13.3. The van der Waals surface area contributed by atoms with Gasteiger partial charge in [0.15, 0.2) is 0 Å². The van der Waals surface area contributed by atoms with Gasteiger partial charge in [0.05, 0.1) is 0 Å². The Hall–Kier alpha value is 0.688. The molecule has 0 aromatic rings. The first-order valence-corrected chi connectivity index (χ1v) is 4.52. The maximum Gasteiger partial charge on any atom is 2.00 e. The minimum absolute atomic E-state index is 0. The Morgan fingerprint density at radius 1 is 1.18 bits per heavy atom. The Labute approximate surface area is 86.4 Å². The molecule has 0 bridgehead atoms. The molecule has 0 radical (unpaired) electrons. The van der Waals surface area contributed by atoms with Crippen molar-refractivity contribution in [3.63, 3.8) is 0 Å². The van der Waals surface area contributed by atoms with Crippen LogP contribution in [-0.2, 0) is 21.1 Å². The number of hydrogen-bond donors (Lipinski definition) is 0. The summed E-state index contributed by atoms with van der Waals surface area (Å²) in [6, 6.07) is 0. The van der Waals surface area contributed by atoms with Crippen molar-refractivity contribution >= 4 is 0 Å². The molecule has 0 aliphatic heterocycles. The molecular weight excluding hydrogens is 315 g/mol. The van der Waals surface area contributed by atoms with E-state index in [9.17, 15) is 0 Å². The average molecular weight is 335 g/mol. The van der Waals surface area contributed by atoms with Gasteiger partial charge in [-0.3, -0.25) is 0 Å². The molecular formula is C10H20Pt. The first-order valence-electron chi connectivity index (χ1n) is 4.52. The second-order valence-corrected chi connectivity index (χ2v) is 2.78. The van der Waals surface area contributed by atoms with Crippen LogP contribution in [0.4, 0.5) is 0 Å². The topological polar surface area (TPSA) is 0 Å². The molecule has 0 spiro atoms. The third kappa shape index (κ3) is 13.6. The number of rotatable bonds is 1. The van der Waals surface area contributed by atoms with E-state index in [1.54, 1.807) is 0 Å². The summed E-state index contributed by atoms with van der Waals surface area (Å²) in [5.74, 6) is 0. The zero-order valence-corrected chi connectivity index (χ0v) is 9.82. The van der Waals surface area contributed by atoms with Crippen LogP contribution in [0, 0.1) is 13.3 Å². The SMILES string of the molecule is [CH-]1CCCCC1.[CH2-]CCC.[Pt+2]. The summed E-state index contributed by atoms with van der Waals surface area (Å²) in [6.45, 7) is 5.72. The van der Waals surface area contributed by atoms with Crippen LogP contribution in [0.3, 0.4) is 0 Å². The van der Waals surface area contributed by atoms with E-state index in [2.05, 4.69) is 20.3 Å². The van der Waals surface area contributed by atoms with Crippen LogP contribution in [0.25, 0.3) is 0 Å². The largest absolute Gasteiger partial charge is 2.00 e. The monoisotopic (exact) mass is 335 g/mol. The standard InChI is InChI=1S/C6H11.C4H9.Pt/c1-2-4-6-5-3-1;1-3-4-2;/h1H,2-6H2;1,3-4H2,2H3;/q2*-1;+2. The molecule has 0 aromatic carbocycles. The van der Waals surface area contributed by atoms with E-state index >= 15 is 0 Å². The summed E-state index contributed by atoms with van der Waals surface area (Å²) in [7, 11) is 0. The summed E-state index contributed by atoms with van der Waals surface area (Å²) < 4.78 is 0. The molecule has 0 saturated heterocycles. The third-order valence-electron chi connectivity index (χ3n) is 1.67. The fraction of sp³-hybridized carbons (Fsp3) is 0.800. The van der Waals surface area contributed by atoms with Crippen molar-refractivity contribution in [1.82, 2.24) is 0 Å². The molecule has 1 rings (SSSR count). The van der Waals surface area contributed by atoms with Gasteiger partial charge in [-0.15, -0.1) is 0 Å². The zero-order valence-electron chi connectivity index (χ0n) is 7.55. The summed E-state index contributed by atoms with van der Waals surface area (Å²) in [4.78, 5) is 0. The van der Waals surface area contributed by atoms with Crippen LogP contribution in [0.1, 0.15) is 51.9 Å². The van der Waals surface area contributed by atoms with E-state index in [0.717, 1.165) is 6.42 Å². The van der Waals surface area contributed by atoms with E-state index in [1.807, 2.05) is 0 Å². The quantitative estimate of drug-likeness (QED) is 0.640. The number of unbranched alkanes of at least 4 members (excludes halogenated alkanes) is 1. The molecule has 0 amide bonds. The van der Waals surface area contributed by atoms with E-state index in [1.165, 1.54) is 38.5 Å². The molecule has 1 aliphatic rings. The van der Waals surface area contributed by atoms with Crippen LogP contribution in [0.15, 0.2) is 0 Å². The molecule has 0 heterocycles. The normalized spacial score (nSPS) is 15.8. The first-order chi connectivity index (χ1) is 4.91. The predicted octanol–water partition coefficient (Wildman–Crippen LogP) is 3.77. The van der Waals surface area contributed by atoms with Crippen molar-refractivity contribution in [3.8, 4) is 0 Å². The second-order valence-electron chi connectivity index (χ2n) is 2.78. The maximum atomic E-state index is 3.60. The van der Waals surface area contributed by atoms with Crippen LogP contribution in [0.5, 0.6) is 0 Å². The Kier molecular flexibility index (Phi) is 17.2. The van der Waals surface area contributed by atoms with E-state index in [-0.39, 0.29) is 21.1 Å². The average Bonchev–Trinajstić information content (AvgIpc) is 2.08. The van der Waals surface area contributed by atoms with Gasteiger partial charge in [-0.25, -0.2) is 0 Å². The van der Waals surface area contributed by atoms with Gasteiger partial charge < -0.3 is 13.3 Å². The Morgan fingerprint density at radius 2 is 1.64 bits per heavy atom. The van der Waals surface area contributed by atoms with E-state index in [4.69, 9.17) is 0 Å². The van der Waals surface area contributed by atoms with Crippen molar-refractivity contribution < 1.29 is 21.1 Å². The smallest absolute Gasteiger partial charge is 0.343 e. The van der Waals surface area contributed by atoms with Crippen molar-refractivity contribution in [2.24, 2.45) is 0 Å². The van der Waals surface area contributed by atoms with Crippen LogP contribution >= 0.6 is 0 Å². The maximum absolute atomic E-state index is 3.60. The third-order valence-corrected chi connectivity index (χ3v) is 1.67. The summed E-state index contributed by atoms with van der Waals surface area (Å²) in [5, 5.41) is 0. The van der Waals surface area contributed by atoms with Gasteiger partial charge in [0.1, 0.15) is 0 Å². The van der Waals surface area contributed by atoms with Crippen molar-refractivity contribution in [2.75, 3.05) is 0 Å². The first kappa shape index (κ1) is 14.2. The van der Waals surface area contributed by atoms with Gasteiger partial charge in [-0.1, -0.05) is 32.6 Å². The molecule has 1 fully saturated rings. The molecule has 1 heteroatoms. The van der Waals surface area contributed by atoms with Gasteiger partial charge in [0.2, 0.25) is 0 Å². The molecule has 0 unspecified atom stereocenters. The zero-order chi connectivity index (χ0) is 7.66. The minimum atomic E-state index is 0. The minimum Gasteiger partial charge on any atom is -0.343 e. The van der Waals surface area contributed by atoms with Crippen molar-refractivity contribution in [1.29, 1.82) is 0 Å². The van der Waals surface area contributed by atoms with E-state index in [0.29, 0.717) is 0 Å². The summed E-state index contributed by atoms with van der Waals surface area (Å²) in [6.07, 6.45) is 11.8. The molecule has 0 N–H and O–H groups in total. The molecule has 11 heavy (non-hydrogen) atoms. The van der Waals surface area contributed by atoms with Gasteiger partial charge in [-0.05, 0) is 0 Å². The summed E-state index contributed by atoms with van der Waals surface area (Å²) >= 11 is 0. The Balaban J connectivity index is 0. The van der Waals surface area contributed by atoms with Crippen molar-refractivity contribution in [3.05, 3.63) is 13.3 Å². The molecule has 0 aromatic heterocycles. The van der Waals surface area contributed by atoms with Gasteiger partial charge in [0.25, 0.3) is 0 Å². The molecule has 0 nitrogen and oxygen atoms in total. The van der Waals surface area contributed by atoms with E-state index < -0.39 is 0 Å². The predicted molar refractivity (Wildman–Crippen MR) is 47.7 cm³/mol. The molecule has 70 valence electrons. The van der Waals surface area contributed by atoms with Gasteiger partial charge in [-0.2, -0.15) is 19.3 Å². The number of hydrogen-bond acceptors (Lipinski definition) is 0. The fourth-order valence-corrected chi connectivity index (χ4v) is 0.898. The van der Waals surface area contributed by atoms with Crippen LogP contribution < -0.4 is 0 Å². The molecule has 1 aliphatic carbocycles.